The first-order chi connectivity index (χ1) is 9.61. The van der Waals surface area contributed by atoms with Gasteiger partial charge in [0, 0.05) is 11.1 Å². The fourth-order valence-electron chi connectivity index (χ4n) is 3.49. The Labute approximate surface area is 124 Å². The molecule has 1 aromatic carbocycles. The third kappa shape index (κ3) is 2.93. The lowest BCUT2D eigenvalue weighted by Gasteiger charge is -2.24. The van der Waals surface area contributed by atoms with Crippen LogP contribution in [-0.2, 0) is 4.79 Å². The molecule has 0 radical (unpaired) electrons. The molecule has 0 aromatic heterocycles. The summed E-state index contributed by atoms with van der Waals surface area (Å²) in [5, 5.41) is 3.82. The van der Waals surface area contributed by atoms with Gasteiger partial charge in [0.1, 0.15) is 5.75 Å². The predicted molar refractivity (Wildman–Crippen MR) is 78.9 cm³/mol. The minimum atomic E-state index is -0.477. The van der Waals surface area contributed by atoms with E-state index in [2.05, 4.69) is 5.32 Å². The lowest BCUT2D eigenvalue weighted by molar-refractivity contribution is -0.128. The van der Waals surface area contributed by atoms with Gasteiger partial charge in [-0.25, -0.2) is 0 Å². The van der Waals surface area contributed by atoms with Gasteiger partial charge in [0.25, 0.3) is 5.91 Å². The zero-order valence-corrected chi connectivity index (χ0v) is 12.4. The topological polar surface area (TPSA) is 38.3 Å². The van der Waals surface area contributed by atoms with Gasteiger partial charge >= 0.3 is 0 Å². The lowest BCUT2D eigenvalue weighted by Crippen LogP contribution is -2.44. The molecule has 2 bridgehead atoms. The van der Waals surface area contributed by atoms with Crippen molar-refractivity contribution in [2.24, 2.45) is 11.8 Å². The average molecular weight is 294 g/mol. The number of carbonyl (C=O) groups excluding carboxylic acids is 1. The van der Waals surface area contributed by atoms with Crippen molar-refractivity contribution >= 4 is 17.5 Å². The molecule has 1 N–H and O–H groups in total. The van der Waals surface area contributed by atoms with Crippen LogP contribution in [0.4, 0.5) is 0 Å². The number of carbonyl (C=O) groups is 1. The first kappa shape index (κ1) is 13.7. The zero-order chi connectivity index (χ0) is 14.1. The maximum atomic E-state index is 12.2. The van der Waals surface area contributed by atoms with E-state index in [1.807, 2.05) is 0 Å². The van der Waals surface area contributed by atoms with Gasteiger partial charge in [0.15, 0.2) is 6.10 Å². The van der Waals surface area contributed by atoms with Crippen LogP contribution in [0.2, 0.25) is 5.02 Å². The Bertz CT molecular complexity index is 488. The summed E-state index contributed by atoms with van der Waals surface area (Å²) >= 11 is 5.83. The summed E-state index contributed by atoms with van der Waals surface area (Å²) in [6.45, 7) is 1.79. The van der Waals surface area contributed by atoms with Gasteiger partial charge in [-0.2, -0.15) is 0 Å². The molecule has 1 aromatic rings. The van der Waals surface area contributed by atoms with Crippen LogP contribution in [0, 0.1) is 11.8 Å². The molecule has 0 heterocycles. The van der Waals surface area contributed by atoms with Gasteiger partial charge in [-0.15, -0.1) is 0 Å². The van der Waals surface area contributed by atoms with E-state index in [9.17, 15) is 4.79 Å². The minimum Gasteiger partial charge on any atom is -0.481 e. The van der Waals surface area contributed by atoms with Gasteiger partial charge in [0.05, 0.1) is 0 Å². The van der Waals surface area contributed by atoms with Crippen LogP contribution in [0.3, 0.4) is 0 Å². The highest BCUT2D eigenvalue weighted by Gasteiger charge is 2.40. The average Bonchev–Trinajstić information content (AvgIpc) is 3.03. The predicted octanol–water partition coefficient (Wildman–Crippen LogP) is 3.41. The summed E-state index contributed by atoms with van der Waals surface area (Å²) in [5.41, 5.74) is 0. The van der Waals surface area contributed by atoms with Gasteiger partial charge in [0.2, 0.25) is 0 Å². The normalized spacial score (nSPS) is 29.2. The maximum Gasteiger partial charge on any atom is 0.261 e. The third-order valence-corrected chi connectivity index (χ3v) is 4.81. The summed E-state index contributed by atoms with van der Waals surface area (Å²) in [7, 11) is 0. The second-order valence-electron chi connectivity index (χ2n) is 6.00. The number of amides is 1. The Morgan fingerprint density at radius 1 is 1.30 bits per heavy atom. The molecule has 2 aliphatic carbocycles. The fourth-order valence-corrected chi connectivity index (χ4v) is 3.62. The molecule has 2 fully saturated rings. The van der Waals surface area contributed by atoms with Crippen LogP contribution in [0.15, 0.2) is 24.3 Å². The minimum absolute atomic E-state index is 0.0162. The molecule has 1 amide bonds. The molecule has 0 spiro atoms. The van der Waals surface area contributed by atoms with Crippen LogP contribution in [0.5, 0.6) is 5.75 Å². The van der Waals surface area contributed by atoms with Crippen LogP contribution in [-0.4, -0.2) is 18.1 Å². The van der Waals surface area contributed by atoms with Crippen molar-refractivity contribution in [2.45, 2.75) is 44.8 Å². The second kappa shape index (κ2) is 5.65. The van der Waals surface area contributed by atoms with Crippen molar-refractivity contribution in [2.75, 3.05) is 0 Å². The molecule has 2 aliphatic rings. The monoisotopic (exact) mass is 293 g/mol. The summed E-state index contributed by atoms with van der Waals surface area (Å²) in [6, 6.07) is 7.44. The molecule has 4 unspecified atom stereocenters. The van der Waals surface area contributed by atoms with Gasteiger partial charge in [-0.05, 0) is 62.3 Å². The SMILES string of the molecule is CC(Oc1ccc(Cl)cc1)C(=O)NC1CC2CCC1C2. The van der Waals surface area contributed by atoms with Crippen molar-refractivity contribution in [1.29, 1.82) is 0 Å². The molecule has 4 atom stereocenters. The molecule has 4 heteroatoms. The quantitative estimate of drug-likeness (QED) is 0.924. The Hall–Kier alpha value is -1.22. The number of nitrogens with one attached hydrogen (secondary N) is 1. The summed E-state index contributed by atoms with van der Waals surface area (Å²) in [5.74, 6) is 2.17. The van der Waals surface area contributed by atoms with Gasteiger partial charge in [-0.3, -0.25) is 4.79 Å². The van der Waals surface area contributed by atoms with E-state index in [0.717, 1.165) is 12.3 Å². The molecular weight excluding hydrogens is 274 g/mol. The molecule has 2 saturated carbocycles. The van der Waals surface area contributed by atoms with E-state index in [4.69, 9.17) is 16.3 Å². The van der Waals surface area contributed by atoms with Crippen molar-refractivity contribution in [3.63, 3.8) is 0 Å². The molecule has 0 saturated heterocycles. The number of fused-ring (bicyclic) bond motifs is 2. The van der Waals surface area contributed by atoms with Gasteiger partial charge in [-0.1, -0.05) is 18.0 Å². The highest BCUT2D eigenvalue weighted by molar-refractivity contribution is 6.30. The van der Waals surface area contributed by atoms with E-state index < -0.39 is 6.10 Å². The second-order valence-corrected chi connectivity index (χ2v) is 6.44. The molecule has 3 rings (SSSR count). The molecule has 3 nitrogen and oxygen atoms in total. The van der Waals surface area contributed by atoms with Crippen LogP contribution >= 0.6 is 11.6 Å². The standard InChI is InChI=1S/C16H20ClNO2/c1-10(20-14-6-4-13(17)5-7-14)16(19)18-15-9-11-2-3-12(15)8-11/h4-7,10-12,15H,2-3,8-9H2,1H3,(H,18,19). The van der Waals surface area contributed by atoms with Crippen LogP contribution in [0.1, 0.15) is 32.6 Å². The van der Waals surface area contributed by atoms with Crippen LogP contribution < -0.4 is 10.1 Å². The number of ether oxygens (including phenoxy) is 1. The number of halogens is 1. The molecule has 0 aliphatic heterocycles. The Balaban J connectivity index is 1.53. The number of hydrogen-bond acceptors (Lipinski definition) is 2. The van der Waals surface area contributed by atoms with E-state index in [0.29, 0.717) is 22.7 Å². The summed E-state index contributed by atoms with van der Waals surface area (Å²) in [4.78, 5) is 12.2. The van der Waals surface area contributed by atoms with E-state index >= 15 is 0 Å². The van der Waals surface area contributed by atoms with Crippen molar-refractivity contribution in [1.82, 2.24) is 5.32 Å². The lowest BCUT2D eigenvalue weighted by atomic mass is 9.95. The van der Waals surface area contributed by atoms with Crippen molar-refractivity contribution in [3.05, 3.63) is 29.3 Å². The third-order valence-electron chi connectivity index (χ3n) is 4.56. The van der Waals surface area contributed by atoms with E-state index in [1.165, 1.54) is 19.3 Å². The highest BCUT2D eigenvalue weighted by Crippen LogP contribution is 2.44. The molecular formula is C16H20ClNO2. The smallest absolute Gasteiger partial charge is 0.261 e. The van der Waals surface area contributed by atoms with Crippen molar-refractivity contribution in [3.8, 4) is 5.75 Å². The Morgan fingerprint density at radius 2 is 2.05 bits per heavy atom. The largest absolute Gasteiger partial charge is 0.481 e. The van der Waals surface area contributed by atoms with E-state index in [-0.39, 0.29) is 5.91 Å². The molecule has 108 valence electrons. The number of hydrogen-bond donors (Lipinski definition) is 1. The summed E-state index contributed by atoms with van der Waals surface area (Å²) < 4.78 is 5.65. The Morgan fingerprint density at radius 3 is 2.65 bits per heavy atom. The van der Waals surface area contributed by atoms with E-state index in [1.54, 1.807) is 31.2 Å². The number of benzene rings is 1. The number of rotatable bonds is 4. The fraction of sp³-hybridized carbons (Fsp3) is 0.562. The first-order valence-electron chi connectivity index (χ1n) is 7.34. The first-order valence-corrected chi connectivity index (χ1v) is 7.72. The molecule has 20 heavy (non-hydrogen) atoms. The van der Waals surface area contributed by atoms with Crippen molar-refractivity contribution < 1.29 is 9.53 Å². The summed E-state index contributed by atoms with van der Waals surface area (Å²) in [6.07, 6.45) is 4.56. The Kier molecular flexibility index (Phi) is 3.88. The van der Waals surface area contributed by atoms with Gasteiger partial charge < -0.3 is 10.1 Å². The van der Waals surface area contributed by atoms with Crippen LogP contribution in [0.25, 0.3) is 0 Å². The zero-order valence-electron chi connectivity index (χ0n) is 11.6. The highest BCUT2D eigenvalue weighted by atomic mass is 35.5. The maximum absolute atomic E-state index is 12.2.